The van der Waals surface area contributed by atoms with Gasteiger partial charge in [-0.1, -0.05) is 0 Å². The quantitative estimate of drug-likeness (QED) is 0.883. The lowest BCUT2D eigenvalue weighted by Gasteiger charge is -2.32. The van der Waals surface area contributed by atoms with Gasteiger partial charge in [-0.25, -0.2) is 22.5 Å². The van der Waals surface area contributed by atoms with E-state index in [1.807, 2.05) is 0 Å². The number of anilines is 1. The molecule has 0 spiro atoms. The van der Waals surface area contributed by atoms with Crippen molar-refractivity contribution in [1.29, 1.82) is 0 Å². The fourth-order valence-corrected chi connectivity index (χ4v) is 3.30. The van der Waals surface area contributed by atoms with Crippen LogP contribution in [0.5, 0.6) is 0 Å². The Balaban J connectivity index is 2.34. The molecule has 1 aliphatic rings. The summed E-state index contributed by atoms with van der Waals surface area (Å²) < 4.78 is 25.1. The van der Waals surface area contributed by atoms with Gasteiger partial charge in [-0.15, -0.1) is 0 Å². The van der Waals surface area contributed by atoms with E-state index in [9.17, 15) is 18.3 Å². The molecule has 21 heavy (non-hydrogen) atoms. The molecule has 0 aromatic carbocycles. The highest BCUT2D eigenvalue weighted by atomic mass is 32.2. The van der Waals surface area contributed by atoms with Crippen molar-refractivity contribution in [3.8, 4) is 0 Å². The van der Waals surface area contributed by atoms with Crippen molar-refractivity contribution in [3.63, 3.8) is 0 Å². The number of hydrogen-bond donors (Lipinski definition) is 1. The van der Waals surface area contributed by atoms with Crippen molar-refractivity contribution in [2.75, 3.05) is 25.5 Å². The number of carbonyl (C=O) groups is 1. The van der Waals surface area contributed by atoms with Gasteiger partial charge >= 0.3 is 5.97 Å². The molecule has 0 bridgehead atoms. The Morgan fingerprint density at radius 2 is 2.10 bits per heavy atom. The molecule has 1 fully saturated rings. The summed E-state index contributed by atoms with van der Waals surface area (Å²) in [4.78, 5) is 17.4. The molecule has 116 valence electrons. The topological polar surface area (TPSA) is 90.8 Å². The van der Waals surface area contributed by atoms with Gasteiger partial charge in [-0.2, -0.15) is 0 Å². The van der Waals surface area contributed by atoms with Crippen LogP contribution in [-0.2, 0) is 14.8 Å². The van der Waals surface area contributed by atoms with E-state index in [1.54, 1.807) is 17.9 Å². The fourth-order valence-electron chi connectivity index (χ4n) is 2.45. The minimum absolute atomic E-state index is 0.0903. The Hall–Kier alpha value is -1.67. The minimum atomic E-state index is -3.53. The summed E-state index contributed by atoms with van der Waals surface area (Å²) in [5.41, 5.74) is -0.991. The predicted molar refractivity (Wildman–Crippen MR) is 77.7 cm³/mol. The van der Waals surface area contributed by atoms with Crippen LogP contribution in [0, 0.1) is 0 Å². The zero-order chi connectivity index (χ0) is 15.8. The van der Waals surface area contributed by atoms with Crippen LogP contribution >= 0.6 is 0 Å². The largest absolute Gasteiger partial charge is 0.480 e. The molecular weight excluding hydrogens is 294 g/mol. The molecule has 0 radical (unpaired) electrons. The molecule has 8 heteroatoms. The number of aromatic nitrogens is 1. The van der Waals surface area contributed by atoms with E-state index in [1.165, 1.54) is 26.4 Å². The van der Waals surface area contributed by atoms with Gasteiger partial charge in [-0.3, -0.25) is 0 Å². The standard InChI is InChI=1S/C13H19N3O4S/c1-13(12(17)18)7-4-8-16(13)11-6-5-10(9-14-11)21(19,20)15(2)3/h5-6,9H,4,7-8H2,1-3H3,(H,17,18). The number of pyridine rings is 1. The molecule has 0 aliphatic carbocycles. The van der Waals surface area contributed by atoms with Crippen LogP contribution in [0.1, 0.15) is 19.8 Å². The van der Waals surface area contributed by atoms with Crippen LogP contribution < -0.4 is 4.90 Å². The Morgan fingerprint density at radius 1 is 1.43 bits per heavy atom. The number of aliphatic carboxylic acids is 1. The first-order valence-electron chi connectivity index (χ1n) is 6.59. The van der Waals surface area contributed by atoms with Crippen molar-refractivity contribution in [1.82, 2.24) is 9.29 Å². The second kappa shape index (κ2) is 5.27. The van der Waals surface area contributed by atoms with E-state index in [0.29, 0.717) is 18.8 Å². The molecule has 1 atom stereocenters. The smallest absolute Gasteiger partial charge is 0.329 e. The van der Waals surface area contributed by atoms with Gasteiger partial charge < -0.3 is 10.0 Å². The van der Waals surface area contributed by atoms with Crippen LogP contribution in [0.2, 0.25) is 0 Å². The second-order valence-corrected chi connectivity index (χ2v) is 7.63. The molecule has 7 nitrogen and oxygen atoms in total. The minimum Gasteiger partial charge on any atom is -0.480 e. The lowest BCUT2D eigenvalue weighted by atomic mass is 9.99. The first-order chi connectivity index (χ1) is 9.69. The molecule has 1 N–H and O–H groups in total. The highest BCUT2D eigenvalue weighted by molar-refractivity contribution is 7.89. The van der Waals surface area contributed by atoms with Gasteiger partial charge in [0.2, 0.25) is 10.0 Å². The van der Waals surface area contributed by atoms with Crippen molar-refractivity contribution in [2.24, 2.45) is 0 Å². The zero-order valence-electron chi connectivity index (χ0n) is 12.3. The van der Waals surface area contributed by atoms with E-state index in [4.69, 9.17) is 0 Å². The van der Waals surface area contributed by atoms with Crippen LogP contribution in [0.4, 0.5) is 5.82 Å². The van der Waals surface area contributed by atoms with Crippen molar-refractivity contribution >= 4 is 21.8 Å². The van der Waals surface area contributed by atoms with Gasteiger partial charge in [0.15, 0.2) is 0 Å². The first-order valence-corrected chi connectivity index (χ1v) is 8.03. The number of carboxylic acids is 1. The third kappa shape index (κ3) is 2.60. The average molecular weight is 313 g/mol. The summed E-state index contributed by atoms with van der Waals surface area (Å²) in [7, 11) is -0.627. The number of sulfonamides is 1. The predicted octanol–water partition coefficient (Wildman–Crippen LogP) is 0.775. The monoisotopic (exact) mass is 313 g/mol. The van der Waals surface area contributed by atoms with Gasteiger partial charge in [0.05, 0.1) is 0 Å². The van der Waals surface area contributed by atoms with Gasteiger partial charge in [0.1, 0.15) is 16.3 Å². The molecule has 1 saturated heterocycles. The van der Waals surface area contributed by atoms with Crippen molar-refractivity contribution in [2.45, 2.75) is 30.2 Å². The maximum absolute atomic E-state index is 12.0. The highest BCUT2D eigenvalue weighted by Crippen LogP contribution is 2.33. The molecule has 1 unspecified atom stereocenters. The van der Waals surface area contributed by atoms with E-state index in [-0.39, 0.29) is 4.90 Å². The van der Waals surface area contributed by atoms with Gasteiger partial charge in [-0.05, 0) is 31.9 Å². The summed E-state index contributed by atoms with van der Waals surface area (Å²) in [6.45, 7) is 2.25. The Morgan fingerprint density at radius 3 is 2.57 bits per heavy atom. The zero-order valence-corrected chi connectivity index (χ0v) is 13.1. The van der Waals surface area contributed by atoms with E-state index in [0.717, 1.165) is 10.7 Å². The normalized spacial score (nSPS) is 22.8. The molecule has 2 rings (SSSR count). The summed E-state index contributed by atoms with van der Waals surface area (Å²) in [5.74, 6) is -0.415. The maximum atomic E-state index is 12.0. The Bertz CT molecular complexity index is 642. The van der Waals surface area contributed by atoms with Crippen molar-refractivity contribution < 1.29 is 18.3 Å². The molecule has 0 amide bonds. The average Bonchev–Trinajstić information content (AvgIpc) is 2.82. The molecule has 1 aliphatic heterocycles. The SMILES string of the molecule is CN(C)S(=O)(=O)c1ccc(N2CCCC2(C)C(=O)O)nc1. The summed E-state index contributed by atoms with van der Waals surface area (Å²) in [6, 6.07) is 3.02. The summed E-state index contributed by atoms with van der Waals surface area (Å²) in [5, 5.41) is 9.39. The third-order valence-electron chi connectivity index (χ3n) is 3.88. The number of carboxylic acid groups (broad SMARTS) is 1. The van der Waals surface area contributed by atoms with E-state index in [2.05, 4.69) is 4.98 Å². The maximum Gasteiger partial charge on any atom is 0.329 e. The summed E-state index contributed by atoms with van der Waals surface area (Å²) in [6.07, 6.45) is 2.58. The molecule has 1 aromatic rings. The molecule has 1 aromatic heterocycles. The summed E-state index contributed by atoms with van der Waals surface area (Å²) >= 11 is 0. The van der Waals surface area contributed by atoms with E-state index < -0.39 is 21.5 Å². The van der Waals surface area contributed by atoms with Crippen molar-refractivity contribution in [3.05, 3.63) is 18.3 Å². The van der Waals surface area contributed by atoms with Gasteiger partial charge in [0, 0.05) is 26.8 Å². The van der Waals surface area contributed by atoms with E-state index >= 15 is 0 Å². The Labute approximate surface area is 124 Å². The molecule has 0 saturated carbocycles. The van der Waals surface area contributed by atoms with Crippen LogP contribution in [0.15, 0.2) is 23.2 Å². The lowest BCUT2D eigenvalue weighted by molar-refractivity contribution is -0.142. The molecule has 2 heterocycles. The van der Waals surface area contributed by atoms with Crippen LogP contribution in [-0.4, -0.2) is 55.0 Å². The third-order valence-corrected chi connectivity index (χ3v) is 5.68. The number of nitrogens with zero attached hydrogens (tertiary/aromatic N) is 3. The fraction of sp³-hybridized carbons (Fsp3) is 0.538. The first kappa shape index (κ1) is 15.7. The number of hydrogen-bond acceptors (Lipinski definition) is 5. The second-order valence-electron chi connectivity index (χ2n) is 5.47. The Kier molecular flexibility index (Phi) is 3.94. The number of rotatable bonds is 4. The van der Waals surface area contributed by atoms with Gasteiger partial charge in [0.25, 0.3) is 0 Å². The highest BCUT2D eigenvalue weighted by Gasteiger charge is 2.44. The lowest BCUT2D eigenvalue weighted by Crippen LogP contribution is -2.48. The molecular formula is C13H19N3O4S. The van der Waals surface area contributed by atoms with Crippen LogP contribution in [0.25, 0.3) is 0 Å². The van der Waals surface area contributed by atoms with Crippen LogP contribution in [0.3, 0.4) is 0 Å².